The molecule has 5 N–H and O–H groups in total. The topological polar surface area (TPSA) is 126 Å². The minimum absolute atomic E-state index is 0.0907. The fourth-order valence-electron chi connectivity index (χ4n) is 1.43. The van der Waals surface area contributed by atoms with Gasteiger partial charge in [-0.3, -0.25) is 14.4 Å². The Hall–Kier alpha value is -1.68. The number of nitrogens with one attached hydrogen (secondary N) is 3. The smallest absolute Gasteiger partial charge is 0.261 e. The number of hydrogen-bond donors (Lipinski definition) is 4. The minimum atomic E-state index is -0.461. The lowest BCUT2D eigenvalue weighted by atomic mass is 10.4. The highest BCUT2D eigenvalue weighted by Crippen LogP contribution is 2.20. The van der Waals surface area contributed by atoms with Crippen LogP contribution in [0.25, 0.3) is 0 Å². The molecule has 0 fully saturated rings. The molecule has 0 aromatic carbocycles. The number of carbonyl (C=O) groups is 3. The van der Waals surface area contributed by atoms with E-state index in [-0.39, 0.29) is 34.5 Å². The molecule has 2 aliphatic heterocycles. The predicted octanol–water partition coefficient (Wildman–Crippen LogP) is -1.34. The minimum Gasteiger partial charge on any atom is -0.385 e. The molecule has 2 heterocycles. The van der Waals surface area contributed by atoms with E-state index < -0.39 is 5.50 Å². The van der Waals surface area contributed by atoms with E-state index in [2.05, 4.69) is 20.9 Å². The van der Waals surface area contributed by atoms with E-state index in [1.165, 1.54) is 29.6 Å². The number of amidine groups is 1. The van der Waals surface area contributed by atoms with Crippen molar-refractivity contribution in [2.24, 2.45) is 10.7 Å². The van der Waals surface area contributed by atoms with Crippen molar-refractivity contribution in [2.75, 3.05) is 5.75 Å². The summed E-state index contributed by atoms with van der Waals surface area (Å²) >= 11 is 2.38. The summed E-state index contributed by atoms with van der Waals surface area (Å²) in [4.78, 5) is 37.8. The van der Waals surface area contributed by atoms with Gasteiger partial charge in [-0.2, -0.15) is 4.99 Å². The molecule has 0 radical (unpaired) electrons. The average Bonchev–Trinajstić information content (AvgIpc) is 2.64. The second-order valence-electron chi connectivity index (χ2n) is 4.01. The summed E-state index contributed by atoms with van der Waals surface area (Å²) in [6.45, 7) is 1.72. The van der Waals surface area contributed by atoms with Crippen LogP contribution in [0.2, 0.25) is 0 Å². The summed E-state index contributed by atoms with van der Waals surface area (Å²) in [5, 5.41) is 8.01. The van der Waals surface area contributed by atoms with Crippen LogP contribution in [0.1, 0.15) is 6.92 Å². The third-order valence-electron chi connectivity index (χ3n) is 2.33. The summed E-state index contributed by atoms with van der Waals surface area (Å²) in [5.74, 6) is -0.520. The van der Waals surface area contributed by atoms with Crippen LogP contribution in [-0.4, -0.2) is 39.4 Å². The van der Waals surface area contributed by atoms with Crippen LogP contribution in [0.5, 0.6) is 0 Å². The van der Waals surface area contributed by atoms with Crippen molar-refractivity contribution < 1.29 is 14.4 Å². The van der Waals surface area contributed by atoms with E-state index >= 15 is 0 Å². The standard InChI is InChI=1S/C10H13N5O3S2/c1-4-8(18)15-10(20-4)14-7(17)3-19-9-12-5(11)2-6(16)13-9/h2,4,9,12H,3,11H2,1H3,(H,13,16)(H,14,15,17,18). The third-order valence-corrected chi connectivity index (χ3v) is 4.30. The molecule has 3 amide bonds. The SMILES string of the molecule is CC1SC(NC(=O)CSC2NC(=O)C=C(N)N2)=NC1=O. The van der Waals surface area contributed by atoms with Crippen molar-refractivity contribution in [3.63, 3.8) is 0 Å². The normalized spacial score (nSPS) is 25.4. The molecule has 0 aliphatic carbocycles. The molecule has 8 nitrogen and oxygen atoms in total. The van der Waals surface area contributed by atoms with E-state index in [0.29, 0.717) is 5.17 Å². The van der Waals surface area contributed by atoms with E-state index in [9.17, 15) is 14.4 Å². The van der Waals surface area contributed by atoms with Crippen molar-refractivity contribution in [1.29, 1.82) is 0 Å². The molecule has 0 spiro atoms. The van der Waals surface area contributed by atoms with Gasteiger partial charge in [0.1, 0.15) is 11.3 Å². The second-order valence-corrected chi connectivity index (χ2v) is 6.43. The Kier molecular flexibility index (Phi) is 4.55. The molecular formula is C10H13N5O3S2. The molecular weight excluding hydrogens is 302 g/mol. The highest BCUT2D eigenvalue weighted by Gasteiger charge is 2.25. The molecule has 2 aliphatic rings. The Morgan fingerprint density at radius 2 is 2.30 bits per heavy atom. The van der Waals surface area contributed by atoms with Gasteiger partial charge in [0.15, 0.2) is 5.17 Å². The van der Waals surface area contributed by atoms with Crippen LogP contribution in [0.15, 0.2) is 16.9 Å². The molecule has 20 heavy (non-hydrogen) atoms. The maximum Gasteiger partial charge on any atom is 0.261 e. The van der Waals surface area contributed by atoms with Gasteiger partial charge in [0.25, 0.3) is 5.91 Å². The quantitative estimate of drug-likeness (QED) is 0.507. The Morgan fingerprint density at radius 3 is 2.90 bits per heavy atom. The Bertz CT molecular complexity index is 519. The van der Waals surface area contributed by atoms with Crippen LogP contribution in [0, 0.1) is 0 Å². The number of amides is 3. The number of nitrogens with zero attached hydrogens (tertiary/aromatic N) is 1. The van der Waals surface area contributed by atoms with Crippen molar-refractivity contribution in [1.82, 2.24) is 16.0 Å². The second kappa shape index (κ2) is 6.18. The van der Waals surface area contributed by atoms with Gasteiger partial charge in [-0.05, 0) is 6.92 Å². The van der Waals surface area contributed by atoms with Crippen LogP contribution >= 0.6 is 23.5 Å². The summed E-state index contributed by atoms with van der Waals surface area (Å²) in [7, 11) is 0. The number of rotatable bonds is 3. The molecule has 0 saturated heterocycles. The zero-order chi connectivity index (χ0) is 14.7. The number of aliphatic imine (C=N–C) groups is 1. The zero-order valence-electron chi connectivity index (χ0n) is 10.5. The van der Waals surface area contributed by atoms with Gasteiger partial charge in [-0.15, -0.1) is 11.8 Å². The van der Waals surface area contributed by atoms with Gasteiger partial charge in [0.05, 0.1) is 11.0 Å². The lowest BCUT2D eigenvalue weighted by Crippen LogP contribution is -2.48. The van der Waals surface area contributed by atoms with E-state index in [1.54, 1.807) is 6.92 Å². The van der Waals surface area contributed by atoms with E-state index in [1.807, 2.05) is 0 Å². The molecule has 0 aromatic heterocycles. The van der Waals surface area contributed by atoms with E-state index in [0.717, 1.165) is 0 Å². The molecule has 108 valence electrons. The highest BCUT2D eigenvalue weighted by atomic mass is 32.2. The first kappa shape index (κ1) is 14.7. The maximum atomic E-state index is 11.7. The molecule has 0 bridgehead atoms. The number of thioether (sulfide) groups is 2. The van der Waals surface area contributed by atoms with Crippen LogP contribution in [-0.2, 0) is 14.4 Å². The van der Waals surface area contributed by atoms with Crippen LogP contribution < -0.4 is 21.7 Å². The Balaban J connectivity index is 1.76. The number of nitrogens with two attached hydrogens (primary N) is 1. The molecule has 0 saturated carbocycles. The van der Waals surface area contributed by atoms with Crippen LogP contribution in [0.3, 0.4) is 0 Å². The molecule has 2 unspecified atom stereocenters. The first-order valence-corrected chi connectivity index (χ1v) is 7.62. The largest absolute Gasteiger partial charge is 0.385 e. The summed E-state index contributed by atoms with van der Waals surface area (Å²) in [6, 6.07) is 0. The van der Waals surface area contributed by atoms with Gasteiger partial charge in [-0.25, -0.2) is 0 Å². The first-order chi connectivity index (χ1) is 9.44. The lowest BCUT2D eigenvalue weighted by Gasteiger charge is -2.23. The Labute approximate surface area is 123 Å². The van der Waals surface area contributed by atoms with Gasteiger partial charge in [0.2, 0.25) is 11.8 Å². The fourth-order valence-corrected chi connectivity index (χ4v) is 3.04. The predicted molar refractivity (Wildman–Crippen MR) is 77.4 cm³/mol. The third kappa shape index (κ3) is 3.90. The molecule has 2 atom stereocenters. The van der Waals surface area contributed by atoms with Crippen molar-refractivity contribution >= 4 is 46.4 Å². The zero-order valence-corrected chi connectivity index (χ0v) is 12.1. The molecule has 0 aromatic rings. The first-order valence-electron chi connectivity index (χ1n) is 5.69. The van der Waals surface area contributed by atoms with Crippen LogP contribution in [0.4, 0.5) is 0 Å². The van der Waals surface area contributed by atoms with Gasteiger partial charge in [0, 0.05) is 6.08 Å². The van der Waals surface area contributed by atoms with Gasteiger partial charge < -0.3 is 21.7 Å². The number of hydrogen-bond acceptors (Lipinski definition) is 7. The van der Waals surface area contributed by atoms with Gasteiger partial charge in [-0.1, -0.05) is 11.8 Å². The molecule has 10 heteroatoms. The average molecular weight is 315 g/mol. The van der Waals surface area contributed by atoms with Crippen molar-refractivity contribution in [3.8, 4) is 0 Å². The monoisotopic (exact) mass is 315 g/mol. The maximum absolute atomic E-state index is 11.7. The van der Waals surface area contributed by atoms with E-state index in [4.69, 9.17) is 5.73 Å². The highest BCUT2D eigenvalue weighted by molar-refractivity contribution is 8.15. The van der Waals surface area contributed by atoms with Crippen molar-refractivity contribution in [2.45, 2.75) is 17.7 Å². The number of carbonyl (C=O) groups excluding carboxylic acids is 3. The fraction of sp³-hybridized carbons (Fsp3) is 0.400. The lowest BCUT2D eigenvalue weighted by molar-refractivity contribution is -0.118. The Morgan fingerprint density at radius 1 is 1.55 bits per heavy atom. The summed E-state index contributed by atoms with van der Waals surface area (Å²) in [5.41, 5.74) is 5.04. The van der Waals surface area contributed by atoms with Gasteiger partial charge >= 0.3 is 0 Å². The summed E-state index contributed by atoms with van der Waals surface area (Å²) < 4.78 is 0. The summed E-state index contributed by atoms with van der Waals surface area (Å²) in [6.07, 6.45) is 1.23. The van der Waals surface area contributed by atoms with Crippen molar-refractivity contribution in [3.05, 3.63) is 11.9 Å². The molecule has 2 rings (SSSR count).